The van der Waals surface area contributed by atoms with E-state index in [4.69, 9.17) is 32.4 Å². The Morgan fingerprint density at radius 1 is 1.26 bits per heavy atom. The minimum absolute atomic E-state index is 0.0925. The molecule has 0 aliphatic carbocycles. The number of H-pyrrole nitrogens is 1. The third-order valence-corrected chi connectivity index (χ3v) is 7.55. The van der Waals surface area contributed by atoms with Crippen LogP contribution in [-0.4, -0.2) is 53.1 Å². The van der Waals surface area contributed by atoms with Crippen LogP contribution in [0, 0.1) is 6.92 Å². The molecule has 1 N–H and O–H groups in total. The van der Waals surface area contributed by atoms with E-state index in [1.54, 1.807) is 11.8 Å². The summed E-state index contributed by atoms with van der Waals surface area (Å²) in [6.45, 7) is 6.48. The first kappa shape index (κ1) is 23.2. The van der Waals surface area contributed by atoms with Crippen LogP contribution in [0.3, 0.4) is 0 Å². The number of ether oxygens (including phenoxy) is 1. The normalized spacial score (nSPS) is 16.8. The molecule has 0 atom stereocenters. The average molecular weight is 505 g/mol. The van der Waals surface area contributed by atoms with Crippen LogP contribution in [0.15, 0.2) is 21.7 Å². The zero-order valence-corrected chi connectivity index (χ0v) is 20.6. The zero-order valence-electron chi connectivity index (χ0n) is 19.1. The number of benzene rings is 1. The maximum atomic E-state index is 13.7. The molecule has 0 spiro atoms. The van der Waals surface area contributed by atoms with E-state index in [-0.39, 0.29) is 24.1 Å². The quantitative estimate of drug-likeness (QED) is 0.555. The molecule has 8 nitrogen and oxygen atoms in total. The monoisotopic (exact) mass is 504 g/mol. The molecule has 0 radical (unpaired) electrons. The first-order valence-electron chi connectivity index (χ1n) is 11.5. The fourth-order valence-electron chi connectivity index (χ4n) is 5.08. The zero-order chi connectivity index (χ0) is 24.0. The summed E-state index contributed by atoms with van der Waals surface area (Å²) < 4.78 is 11.0. The van der Waals surface area contributed by atoms with Crippen molar-refractivity contribution in [2.45, 2.75) is 45.7 Å². The summed E-state index contributed by atoms with van der Waals surface area (Å²) >= 11 is 13.6. The van der Waals surface area contributed by atoms with E-state index in [0.29, 0.717) is 64.1 Å². The van der Waals surface area contributed by atoms with Gasteiger partial charge in [-0.2, -0.15) is 0 Å². The van der Waals surface area contributed by atoms with Crippen molar-refractivity contribution >= 4 is 45.9 Å². The lowest BCUT2D eigenvalue weighted by Gasteiger charge is -2.37. The lowest BCUT2D eigenvalue weighted by atomic mass is 9.96. The third kappa shape index (κ3) is 3.87. The SMILES string of the molecule is CCN(c1cc(Cl)c2c(c1Cl)C(=O)N(Cc1c(=O)[nH]c(C)c3ncoc13)CC2)C1CCOCC1. The van der Waals surface area contributed by atoms with Crippen LogP contribution in [0.4, 0.5) is 5.69 Å². The molecule has 0 unspecified atom stereocenters. The molecule has 10 heteroatoms. The van der Waals surface area contributed by atoms with Crippen LogP contribution < -0.4 is 10.5 Å². The van der Waals surface area contributed by atoms with Crippen molar-refractivity contribution in [1.29, 1.82) is 0 Å². The second-order valence-corrected chi connectivity index (χ2v) is 9.52. The Kier molecular flexibility index (Phi) is 6.31. The summed E-state index contributed by atoms with van der Waals surface area (Å²) in [5.74, 6) is -0.245. The maximum Gasteiger partial charge on any atom is 0.257 e. The fraction of sp³-hybridized carbons (Fsp3) is 0.458. The molecule has 5 rings (SSSR count). The Bertz CT molecular complexity index is 1310. The third-order valence-electron chi connectivity index (χ3n) is 6.83. The smallest absolute Gasteiger partial charge is 0.257 e. The molecule has 0 saturated carbocycles. The van der Waals surface area contributed by atoms with Crippen LogP contribution in [0.5, 0.6) is 0 Å². The van der Waals surface area contributed by atoms with Crippen LogP contribution >= 0.6 is 23.2 Å². The molecular weight excluding hydrogens is 479 g/mol. The molecule has 2 aromatic heterocycles. The highest BCUT2D eigenvalue weighted by Gasteiger charge is 2.33. The summed E-state index contributed by atoms with van der Waals surface area (Å²) in [7, 11) is 0. The van der Waals surface area contributed by atoms with Gasteiger partial charge in [-0.1, -0.05) is 23.2 Å². The van der Waals surface area contributed by atoms with E-state index in [9.17, 15) is 9.59 Å². The minimum atomic E-state index is -0.296. The highest BCUT2D eigenvalue weighted by Crippen LogP contribution is 2.41. The van der Waals surface area contributed by atoms with E-state index in [1.165, 1.54) is 6.39 Å². The standard InChI is InChI=1S/C24H26Cl2N4O4/c1-3-30(14-5-8-33-9-6-14)18-10-17(25)15-4-7-29(24(32)19(15)20(18)26)11-16-22-21(27-12-34-22)13(2)28-23(16)31/h10,12,14H,3-9,11H2,1-2H3,(H,28,31). The highest BCUT2D eigenvalue weighted by atomic mass is 35.5. The number of aromatic amines is 1. The first-order valence-corrected chi connectivity index (χ1v) is 12.3. The average Bonchev–Trinajstić information content (AvgIpc) is 3.32. The van der Waals surface area contributed by atoms with E-state index in [0.717, 1.165) is 30.6 Å². The Morgan fingerprint density at radius 2 is 2.03 bits per heavy atom. The van der Waals surface area contributed by atoms with Crippen LogP contribution in [0.25, 0.3) is 11.1 Å². The van der Waals surface area contributed by atoms with Crippen LogP contribution in [-0.2, 0) is 17.7 Å². The van der Waals surface area contributed by atoms with Gasteiger partial charge in [0, 0.05) is 43.1 Å². The molecule has 2 aliphatic heterocycles. The van der Waals surface area contributed by atoms with Gasteiger partial charge < -0.3 is 23.9 Å². The van der Waals surface area contributed by atoms with Crippen molar-refractivity contribution in [2.24, 2.45) is 0 Å². The predicted molar refractivity (Wildman–Crippen MR) is 131 cm³/mol. The number of halogens is 2. The minimum Gasteiger partial charge on any atom is -0.443 e. The summed E-state index contributed by atoms with van der Waals surface area (Å²) in [5.41, 5.74) is 3.61. The molecule has 3 aromatic rings. The Balaban J connectivity index is 1.52. The van der Waals surface area contributed by atoms with Gasteiger partial charge in [0.1, 0.15) is 5.52 Å². The molecule has 1 fully saturated rings. The van der Waals surface area contributed by atoms with E-state index in [1.807, 2.05) is 6.07 Å². The summed E-state index contributed by atoms with van der Waals surface area (Å²) in [5, 5.41) is 0.948. The lowest BCUT2D eigenvalue weighted by molar-refractivity contribution is 0.0726. The summed E-state index contributed by atoms with van der Waals surface area (Å²) in [6, 6.07) is 2.15. The maximum absolute atomic E-state index is 13.7. The Labute approximate surface area is 206 Å². The number of aryl methyl sites for hydroxylation is 1. The van der Waals surface area contributed by atoms with Crippen LogP contribution in [0.2, 0.25) is 10.0 Å². The van der Waals surface area contributed by atoms with E-state index < -0.39 is 0 Å². The number of carbonyl (C=O) groups excluding carboxylic acids is 1. The number of nitrogens with zero attached hydrogens (tertiary/aromatic N) is 3. The molecule has 34 heavy (non-hydrogen) atoms. The molecule has 1 saturated heterocycles. The van der Waals surface area contributed by atoms with Gasteiger partial charge in [-0.3, -0.25) is 9.59 Å². The number of nitrogens with one attached hydrogen (secondary N) is 1. The van der Waals surface area contributed by atoms with Crippen molar-refractivity contribution in [1.82, 2.24) is 14.9 Å². The van der Waals surface area contributed by atoms with Gasteiger partial charge in [-0.25, -0.2) is 4.98 Å². The van der Waals surface area contributed by atoms with Gasteiger partial charge in [0.05, 0.1) is 28.4 Å². The van der Waals surface area contributed by atoms with Gasteiger partial charge in [0.15, 0.2) is 12.0 Å². The lowest BCUT2D eigenvalue weighted by Crippen LogP contribution is -2.41. The molecule has 2 aliphatic rings. The Hall–Kier alpha value is -2.55. The second-order valence-electron chi connectivity index (χ2n) is 8.74. The molecule has 1 aromatic carbocycles. The number of aromatic nitrogens is 2. The molecule has 180 valence electrons. The number of anilines is 1. The van der Waals surface area contributed by atoms with Crippen molar-refractivity contribution in [3.63, 3.8) is 0 Å². The number of pyridine rings is 1. The van der Waals surface area contributed by atoms with Gasteiger partial charge in [0.25, 0.3) is 11.5 Å². The number of oxazole rings is 1. The largest absolute Gasteiger partial charge is 0.443 e. The molecule has 0 bridgehead atoms. The van der Waals surface area contributed by atoms with Gasteiger partial charge in [-0.15, -0.1) is 0 Å². The van der Waals surface area contributed by atoms with Crippen molar-refractivity contribution in [2.75, 3.05) is 31.2 Å². The number of amides is 1. The van der Waals surface area contributed by atoms with Gasteiger partial charge in [-0.05, 0) is 44.7 Å². The van der Waals surface area contributed by atoms with Crippen molar-refractivity contribution in [3.05, 3.63) is 55.2 Å². The number of rotatable bonds is 5. The first-order chi connectivity index (χ1) is 16.4. The summed E-state index contributed by atoms with van der Waals surface area (Å²) in [6.07, 6.45) is 3.64. The number of hydrogen-bond acceptors (Lipinski definition) is 6. The topological polar surface area (TPSA) is 91.7 Å². The van der Waals surface area contributed by atoms with Gasteiger partial charge >= 0.3 is 0 Å². The summed E-state index contributed by atoms with van der Waals surface area (Å²) in [4.78, 5) is 37.2. The predicted octanol–water partition coefficient (Wildman–Crippen LogP) is 4.34. The number of carbonyl (C=O) groups is 1. The van der Waals surface area contributed by atoms with Gasteiger partial charge in [0.2, 0.25) is 0 Å². The van der Waals surface area contributed by atoms with E-state index in [2.05, 4.69) is 21.8 Å². The molecular formula is C24H26Cl2N4O4. The number of fused-ring (bicyclic) bond motifs is 2. The van der Waals surface area contributed by atoms with Crippen LogP contribution in [0.1, 0.15) is 46.9 Å². The highest BCUT2D eigenvalue weighted by molar-refractivity contribution is 6.39. The molecule has 4 heterocycles. The fourth-order valence-corrected chi connectivity index (χ4v) is 5.73. The number of hydrogen-bond donors (Lipinski definition) is 1. The van der Waals surface area contributed by atoms with E-state index >= 15 is 0 Å². The van der Waals surface area contributed by atoms with Crippen molar-refractivity contribution in [3.8, 4) is 0 Å². The second kappa shape index (κ2) is 9.24. The molecule has 1 amide bonds. The van der Waals surface area contributed by atoms with Crippen molar-refractivity contribution < 1.29 is 13.9 Å². The Morgan fingerprint density at radius 3 is 2.76 bits per heavy atom.